The molecule has 2 rings (SSSR count). The standard InChI is InChI=1S/C15H17FN2OS/c1-9-14(20-11(3)17-9)15(19)18(4)10(2)12-5-7-13(16)8-6-12/h5-8,10H,1-4H3/t10-/m0/s1. The van der Waals surface area contributed by atoms with Crippen LogP contribution >= 0.6 is 11.3 Å². The first kappa shape index (κ1) is 14.7. The third-order valence-corrected chi connectivity index (χ3v) is 4.41. The first-order chi connectivity index (χ1) is 9.40. The first-order valence-electron chi connectivity index (χ1n) is 6.36. The van der Waals surface area contributed by atoms with E-state index in [1.807, 2.05) is 20.8 Å². The zero-order chi connectivity index (χ0) is 14.9. The normalized spacial score (nSPS) is 12.2. The number of nitrogens with zero attached hydrogens (tertiary/aromatic N) is 2. The van der Waals surface area contributed by atoms with E-state index in [-0.39, 0.29) is 17.8 Å². The van der Waals surface area contributed by atoms with Gasteiger partial charge >= 0.3 is 0 Å². The molecule has 0 spiro atoms. The Bertz CT molecular complexity index is 621. The number of thiazole rings is 1. The van der Waals surface area contributed by atoms with E-state index in [9.17, 15) is 9.18 Å². The molecule has 0 saturated carbocycles. The Morgan fingerprint density at radius 3 is 2.40 bits per heavy atom. The summed E-state index contributed by atoms with van der Waals surface area (Å²) in [7, 11) is 1.75. The number of carbonyl (C=O) groups is 1. The minimum atomic E-state index is -0.274. The lowest BCUT2D eigenvalue weighted by Crippen LogP contribution is -2.29. The third kappa shape index (κ3) is 2.88. The van der Waals surface area contributed by atoms with Crippen molar-refractivity contribution < 1.29 is 9.18 Å². The van der Waals surface area contributed by atoms with Crippen molar-refractivity contribution in [2.24, 2.45) is 0 Å². The second-order valence-corrected chi connectivity index (χ2v) is 5.99. The molecule has 0 N–H and O–H groups in total. The number of benzene rings is 1. The fraction of sp³-hybridized carbons (Fsp3) is 0.333. The van der Waals surface area contributed by atoms with E-state index in [1.54, 1.807) is 24.1 Å². The largest absolute Gasteiger partial charge is 0.334 e. The molecule has 0 aliphatic carbocycles. The van der Waals surface area contributed by atoms with Crippen molar-refractivity contribution in [3.8, 4) is 0 Å². The number of hydrogen-bond donors (Lipinski definition) is 0. The van der Waals surface area contributed by atoms with Gasteiger partial charge in [0.1, 0.15) is 10.7 Å². The molecule has 1 aromatic carbocycles. The van der Waals surface area contributed by atoms with Crippen molar-refractivity contribution in [2.75, 3.05) is 7.05 Å². The second-order valence-electron chi connectivity index (χ2n) is 4.79. The minimum absolute atomic E-state index is 0.0510. The van der Waals surface area contributed by atoms with Gasteiger partial charge in [-0.15, -0.1) is 11.3 Å². The average Bonchev–Trinajstić information content (AvgIpc) is 2.76. The first-order valence-corrected chi connectivity index (χ1v) is 7.18. The van der Waals surface area contributed by atoms with Gasteiger partial charge in [0.15, 0.2) is 0 Å². The Hall–Kier alpha value is -1.75. The van der Waals surface area contributed by atoms with Crippen LogP contribution in [0.3, 0.4) is 0 Å². The molecule has 0 saturated heterocycles. The second kappa shape index (κ2) is 5.71. The Morgan fingerprint density at radius 1 is 1.30 bits per heavy atom. The van der Waals surface area contributed by atoms with Crippen LogP contribution in [0.15, 0.2) is 24.3 Å². The summed E-state index contributed by atoms with van der Waals surface area (Å²) in [5.41, 5.74) is 1.66. The van der Waals surface area contributed by atoms with Crippen molar-refractivity contribution in [3.05, 3.63) is 51.2 Å². The molecule has 3 nitrogen and oxygen atoms in total. The summed E-state index contributed by atoms with van der Waals surface area (Å²) in [5, 5.41) is 0.883. The van der Waals surface area contributed by atoms with Gasteiger partial charge in [-0.2, -0.15) is 0 Å². The molecule has 0 bridgehead atoms. The Kier molecular flexibility index (Phi) is 4.18. The summed E-state index contributed by atoms with van der Waals surface area (Å²) in [4.78, 5) is 19.1. The van der Waals surface area contributed by atoms with Gasteiger partial charge in [0.2, 0.25) is 0 Å². The lowest BCUT2D eigenvalue weighted by atomic mass is 10.1. The maximum atomic E-state index is 12.9. The number of hydrogen-bond acceptors (Lipinski definition) is 3. The number of rotatable bonds is 3. The zero-order valence-corrected chi connectivity index (χ0v) is 12.8. The fourth-order valence-corrected chi connectivity index (χ4v) is 2.93. The van der Waals surface area contributed by atoms with Gasteiger partial charge in [0.25, 0.3) is 5.91 Å². The smallest absolute Gasteiger partial charge is 0.266 e. The molecule has 0 radical (unpaired) electrons. The summed E-state index contributed by atoms with van der Waals surface area (Å²) in [6.07, 6.45) is 0. The van der Waals surface area contributed by atoms with Gasteiger partial charge in [-0.1, -0.05) is 12.1 Å². The van der Waals surface area contributed by atoms with E-state index in [1.165, 1.54) is 23.5 Å². The van der Waals surface area contributed by atoms with Crippen molar-refractivity contribution in [1.82, 2.24) is 9.88 Å². The molecule has 106 valence electrons. The Labute approximate surface area is 122 Å². The summed E-state index contributed by atoms with van der Waals surface area (Å²) >= 11 is 1.40. The number of halogens is 1. The SMILES string of the molecule is Cc1nc(C)c(C(=O)N(C)[C@@H](C)c2ccc(F)cc2)s1. The lowest BCUT2D eigenvalue weighted by molar-refractivity contribution is 0.0746. The van der Waals surface area contributed by atoms with Gasteiger partial charge < -0.3 is 4.90 Å². The van der Waals surface area contributed by atoms with Gasteiger partial charge in [-0.3, -0.25) is 4.79 Å². The van der Waals surface area contributed by atoms with Gasteiger partial charge in [-0.25, -0.2) is 9.37 Å². The van der Waals surface area contributed by atoms with Crippen molar-refractivity contribution in [1.29, 1.82) is 0 Å². The van der Waals surface area contributed by atoms with Crippen LogP contribution in [0.2, 0.25) is 0 Å². The van der Waals surface area contributed by atoms with Crippen LogP contribution in [0.4, 0.5) is 4.39 Å². The van der Waals surface area contributed by atoms with Crippen molar-refractivity contribution >= 4 is 17.2 Å². The highest BCUT2D eigenvalue weighted by Gasteiger charge is 2.22. The molecule has 0 fully saturated rings. The van der Waals surface area contributed by atoms with Crippen LogP contribution in [0.1, 0.15) is 38.9 Å². The highest BCUT2D eigenvalue weighted by molar-refractivity contribution is 7.13. The van der Waals surface area contributed by atoms with E-state index >= 15 is 0 Å². The molecule has 2 aromatic rings. The van der Waals surface area contributed by atoms with Crippen LogP contribution in [-0.2, 0) is 0 Å². The molecule has 1 heterocycles. The summed E-state index contributed by atoms with van der Waals surface area (Å²) in [5.74, 6) is -0.325. The van der Waals surface area contributed by atoms with Crippen LogP contribution in [-0.4, -0.2) is 22.8 Å². The number of aromatic nitrogens is 1. The highest BCUT2D eigenvalue weighted by atomic mass is 32.1. The van der Waals surface area contributed by atoms with E-state index in [0.29, 0.717) is 4.88 Å². The fourth-order valence-electron chi connectivity index (χ4n) is 2.03. The van der Waals surface area contributed by atoms with Crippen LogP contribution in [0.25, 0.3) is 0 Å². The third-order valence-electron chi connectivity index (χ3n) is 3.35. The molecular formula is C15H17FN2OS. The zero-order valence-electron chi connectivity index (χ0n) is 12.0. The summed E-state index contributed by atoms with van der Waals surface area (Å²) in [6.45, 7) is 5.65. The van der Waals surface area contributed by atoms with Crippen molar-refractivity contribution in [3.63, 3.8) is 0 Å². The lowest BCUT2D eigenvalue weighted by Gasteiger charge is -2.25. The Balaban J connectivity index is 2.22. The van der Waals surface area contributed by atoms with Crippen LogP contribution < -0.4 is 0 Å². The van der Waals surface area contributed by atoms with E-state index in [4.69, 9.17) is 0 Å². The molecule has 1 aromatic heterocycles. The highest BCUT2D eigenvalue weighted by Crippen LogP contribution is 2.24. The Morgan fingerprint density at radius 2 is 1.90 bits per heavy atom. The minimum Gasteiger partial charge on any atom is -0.334 e. The van der Waals surface area contributed by atoms with Crippen molar-refractivity contribution in [2.45, 2.75) is 26.8 Å². The maximum Gasteiger partial charge on any atom is 0.266 e. The molecule has 1 amide bonds. The van der Waals surface area contributed by atoms with Gasteiger partial charge in [0.05, 0.1) is 16.7 Å². The summed E-state index contributed by atoms with van der Waals surface area (Å²) in [6, 6.07) is 6.10. The van der Waals surface area contributed by atoms with Crippen LogP contribution in [0.5, 0.6) is 0 Å². The predicted molar refractivity (Wildman–Crippen MR) is 78.5 cm³/mol. The molecule has 0 aliphatic heterocycles. The summed E-state index contributed by atoms with van der Waals surface area (Å²) < 4.78 is 12.9. The van der Waals surface area contributed by atoms with Gasteiger partial charge in [0, 0.05) is 7.05 Å². The number of carbonyl (C=O) groups excluding carboxylic acids is 1. The average molecular weight is 292 g/mol. The number of aryl methyl sites for hydroxylation is 2. The maximum absolute atomic E-state index is 12.9. The topological polar surface area (TPSA) is 33.2 Å². The van der Waals surface area contributed by atoms with E-state index in [0.717, 1.165) is 16.3 Å². The van der Waals surface area contributed by atoms with E-state index in [2.05, 4.69) is 4.98 Å². The molecule has 5 heteroatoms. The van der Waals surface area contributed by atoms with Crippen LogP contribution in [0, 0.1) is 19.7 Å². The molecular weight excluding hydrogens is 275 g/mol. The molecule has 0 unspecified atom stereocenters. The molecule has 20 heavy (non-hydrogen) atoms. The predicted octanol–water partition coefficient (Wildman–Crippen LogP) is 3.73. The van der Waals surface area contributed by atoms with Gasteiger partial charge in [-0.05, 0) is 38.5 Å². The molecule has 0 aliphatic rings. The van der Waals surface area contributed by atoms with E-state index < -0.39 is 0 Å². The monoisotopic (exact) mass is 292 g/mol. The molecule has 1 atom stereocenters. The number of amides is 1. The quantitative estimate of drug-likeness (QED) is 0.863.